The highest BCUT2D eigenvalue weighted by atomic mass is 19.1. The number of halogens is 1. The Kier molecular flexibility index (Phi) is 6.49. The summed E-state index contributed by atoms with van der Waals surface area (Å²) < 4.78 is 17.3. The Hall–Kier alpha value is -3.61. The molecule has 6 nitrogen and oxygen atoms in total. The van der Waals surface area contributed by atoms with E-state index in [1.54, 1.807) is 33.4 Å². The summed E-state index contributed by atoms with van der Waals surface area (Å²) in [5, 5.41) is 2.98. The number of carbonyl (C=O) groups is 1. The maximum atomic E-state index is 13.9. The average molecular weight is 449 g/mol. The first-order valence-corrected chi connectivity index (χ1v) is 11.4. The molecule has 1 N–H and O–H groups in total. The van der Waals surface area contributed by atoms with Crippen molar-refractivity contribution < 1.29 is 9.18 Å². The minimum Gasteiger partial charge on any atom is -0.372 e. The van der Waals surface area contributed by atoms with Crippen molar-refractivity contribution in [2.24, 2.45) is 0 Å². The maximum Gasteiger partial charge on any atom is 0.275 e. The molecule has 0 saturated carbocycles. The number of anilines is 2. The van der Waals surface area contributed by atoms with Crippen molar-refractivity contribution >= 4 is 33.8 Å². The van der Waals surface area contributed by atoms with Crippen molar-refractivity contribution in [2.45, 2.75) is 40.2 Å². The molecule has 4 aromatic rings. The molecule has 1 amide bonds. The molecule has 0 spiro atoms. The molecule has 33 heavy (non-hydrogen) atoms. The highest BCUT2D eigenvalue weighted by molar-refractivity contribution is 5.91. The predicted molar refractivity (Wildman–Crippen MR) is 132 cm³/mol. The van der Waals surface area contributed by atoms with Gasteiger partial charge < -0.3 is 19.2 Å². The van der Waals surface area contributed by atoms with Gasteiger partial charge in [0.2, 0.25) is 5.91 Å². The van der Waals surface area contributed by atoms with E-state index in [1.807, 2.05) is 19.1 Å². The minimum atomic E-state index is -0.400. The van der Waals surface area contributed by atoms with Gasteiger partial charge in [0.1, 0.15) is 11.3 Å². The number of amides is 1. The Morgan fingerprint density at radius 2 is 1.82 bits per heavy atom. The van der Waals surface area contributed by atoms with Crippen LogP contribution in [0.4, 0.5) is 15.8 Å². The third kappa shape index (κ3) is 4.49. The minimum absolute atomic E-state index is 0.110. The topological polar surface area (TPSA) is 58.8 Å². The third-order valence-corrected chi connectivity index (χ3v) is 6.10. The molecule has 0 aliphatic carbocycles. The molecule has 0 fully saturated rings. The molecule has 0 unspecified atom stereocenters. The Morgan fingerprint density at radius 3 is 2.55 bits per heavy atom. The van der Waals surface area contributed by atoms with Crippen LogP contribution in [0.15, 0.2) is 59.5 Å². The van der Waals surface area contributed by atoms with Gasteiger partial charge in [0.25, 0.3) is 5.56 Å². The molecule has 0 aliphatic heterocycles. The van der Waals surface area contributed by atoms with E-state index in [0.29, 0.717) is 24.0 Å². The van der Waals surface area contributed by atoms with Crippen molar-refractivity contribution in [3.05, 3.63) is 76.5 Å². The third-order valence-electron chi connectivity index (χ3n) is 6.10. The molecule has 0 bridgehead atoms. The molecule has 4 rings (SSSR count). The van der Waals surface area contributed by atoms with Gasteiger partial charge in [0.15, 0.2) is 0 Å². The van der Waals surface area contributed by atoms with E-state index < -0.39 is 5.82 Å². The highest BCUT2D eigenvalue weighted by Crippen LogP contribution is 2.23. The summed E-state index contributed by atoms with van der Waals surface area (Å²) in [7, 11) is 0. The number of rotatable bonds is 8. The molecule has 0 radical (unpaired) electrons. The number of nitrogens with one attached hydrogen (secondary N) is 1. The number of fused-ring (bicyclic) bond motifs is 3. The lowest BCUT2D eigenvalue weighted by Crippen LogP contribution is -2.24. The zero-order valence-corrected chi connectivity index (χ0v) is 19.3. The second-order valence-corrected chi connectivity index (χ2v) is 8.18. The van der Waals surface area contributed by atoms with E-state index in [-0.39, 0.29) is 17.9 Å². The lowest BCUT2D eigenvalue weighted by molar-refractivity contribution is -0.116. The van der Waals surface area contributed by atoms with Crippen LogP contribution < -0.4 is 15.8 Å². The zero-order chi connectivity index (χ0) is 23.5. The first-order chi connectivity index (χ1) is 15.9. The van der Waals surface area contributed by atoms with Gasteiger partial charge in [-0.15, -0.1) is 0 Å². The quantitative estimate of drug-likeness (QED) is 0.414. The second-order valence-electron chi connectivity index (χ2n) is 8.18. The van der Waals surface area contributed by atoms with Crippen molar-refractivity contribution in [2.75, 3.05) is 23.3 Å². The fraction of sp³-hybridized carbons (Fsp3) is 0.308. The number of hydrogen-bond donors (Lipinski definition) is 1. The Labute approximate surface area is 192 Å². The number of aromatic nitrogens is 2. The number of aryl methyl sites for hydroxylation is 2. The van der Waals surface area contributed by atoms with E-state index in [2.05, 4.69) is 30.1 Å². The van der Waals surface area contributed by atoms with Crippen molar-refractivity contribution in [3.8, 4) is 0 Å². The molecule has 0 aliphatic rings. The lowest BCUT2D eigenvalue weighted by Gasteiger charge is -2.22. The van der Waals surface area contributed by atoms with Gasteiger partial charge in [0, 0.05) is 43.6 Å². The van der Waals surface area contributed by atoms with E-state index in [1.165, 1.54) is 12.1 Å². The monoisotopic (exact) mass is 448 g/mol. The Morgan fingerprint density at radius 1 is 1.03 bits per heavy atom. The molecule has 0 atom stereocenters. The van der Waals surface area contributed by atoms with Crippen LogP contribution in [0, 0.1) is 12.7 Å². The summed E-state index contributed by atoms with van der Waals surface area (Å²) in [6.07, 6.45) is 2.51. The second kappa shape index (κ2) is 9.48. The van der Waals surface area contributed by atoms with Gasteiger partial charge >= 0.3 is 0 Å². The van der Waals surface area contributed by atoms with Crippen molar-refractivity contribution in [1.29, 1.82) is 0 Å². The molecule has 0 saturated heterocycles. The largest absolute Gasteiger partial charge is 0.372 e. The van der Waals surface area contributed by atoms with Crippen LogP contribution in [0.25, 0.3) is 16.6 Å². The molecule has 2 aromatic carbocycles. The van der Waals surface area contributed by atoms with Crippen LogP contribution in [0.1, 0.15) is 32.3 Å². The Balaban J connectivity index is 1.47. The van der Waals surface area contributed by atoms with Gasteiger partial charge in [-0.05, 0) is 81.3 Å². The van der Waals surface area contributed by atoms with E-state index in [9.17, 15) is 14.0 Å². The van der Waals surface area contributed by atoms with Crippen LogP contribution in [-0.4, -0.2) is 28.0 Å². The summed E-state index contributed by atoms with van der Waals surface area (Å²) in [5.74, 6) is -0.510. The van der Waals surface area contributed by atoms with Crippen LogP contribution in [0.2, 0.25) is 0 Å². The Bertz CT molecular complexity index is 1370. The lowest BCUT2D eigenvalue weighted by atomic mass is 10.1. The van der Waals surface area contributed by atoms with Gasteiger partial charge in [-0.1, -0.05) is 0 Å². The maximum absolute atomic E-state index is 13.9. The first kappa shape index (κ1) is 22.6. The highest BCUT2D eigenvalue weighted by Gasteiger charge is 2.13. The van der Waals surface area contributed by atoms with Crippen LogP contribution in [0.3, 0.4) is 0 Å². The molecular weight excluding hydrogens is 419 g/mol. The van der Waals surface area contributed by atoms with Gasteiger partial charge in [0.05, 0.1) is 11.0 Å². The molecular formula is C26H29FN4O2. The molecule has 2 heterocycles. The smallest absolute Gasteiger partial charge is 0.275 e. The van der Waals surface area contributed by atoms with E-state index >= 15 is 0 Å². The average Bonchev–Trinajstić information content (AvgIpc) is 3.29. The fourth-order valence-corrected chi connectivity index (χ4v) is 4.34. The summed E-state index contributed by atoms with van der Waals surface area (Å²) in [4.78, 5) is 27.8. The summed E-state index contributed by atoms with van der Waals surface area (Å²) in [6.45, 7) is 8.39. The van der Waals surface area contributed by atoms with Gasteiger partial charge in [-0.2, -0.15) is 0 Å². The normalized spacial score (nSPS) is 11.3. The van der Waals surface area contributed by atoms with E-state index in [4.69, 9.17) is 0 Å². The van der Waals surface area contributed by atoms with E-state index in [0.717, 1.165) is 35.5 Å². The SMILES string of the molecule is CCN(CC)c1ccc(NC(=O)CCCn2c(=O)c3cccn3c3ccc(F)cc32)c(C)c1. The first-order valence-electron chi connectivity index (χ1n) is 11.4. The molecule has 7 heteroatoms. The number of benzene rings is 2. The number of hydrogen-bond acceptors (Lipinski definition) is 3. The summed E-state index contributed by atoms with van der Waals surface area (Å²) in [6, 6.07) is 14.0. The number of nitrogens with zero attached hydrogens (tertiary/aromatic N) is 3. The molecule has 172 valence electrons. The fourth-order valence-electron chi connectivity index (χ4n) is 4.34. The van der Waals surface area contributed by atoms with Crippen LogP contribution >= 0.6 is 0 Å². The summed E-state index contributed by atoms with van der Waals surface area (Å²) in [5.41, 5.74) is 4.54. The predicted octanol–water partition coefficient (Wildman–Crippen LogP) is 4.97. The van der Waals surface area contributed by atoms with Crippen LogP contribution in [0.5, 0.6) is 0 Å². The molecule has 2 aromatic heterocycles. The van der Waals surface area contributed by atoms with Crippen LogP contribution in [-0.2, 0) is 11.3 Å². The van der Waals surface area contributed by atoms with Crippen molar-refractivity contribution in [1.82, 2.24) is 8.97 Å². The van der Waals surface area contributed by atoms with Gasteiger partial charge in [-0.3, -0.25) is 9.59 Å². The van der Waals surface area contributed by atoms with Gasteiger partial charge in [-0.25, -0.2) is 4.39 Å². The zero-order valence-electron chi connectivity index (χ0n) is 19.3. The number of carbonyl (C=O) groups excluding carboxylic acids is 1. The standard InChI is InChI=1S/C26H29FN4O2/c1-4-29(5-2)20-11-12-21(18(3)16-20)28-25(32)9-7-15-31-24-17-19(27)10-13-22(24)30-14-6-8-23(30)26(31)33/h6,8,10-14,16-17H,4-5,7,9,15H2,1-3H3,(H,28,32). The summed E-state index contributed by atoms with van der Waals surface area (Å²) >= 11 is 0. The van der Waals surface area contributed by atoms with Crippen molar-refractivity contribution in [3.63, 3.8) is 0 Å².